The van der Waals surface area contributed by atoms with Crippen LogP contribution < -0.4 is 0 Å². The standard InChI is InChI=1S/C22H33N3O2.C2H6/c1-15-8-7-9-18-19(15)20(16(2)10-11-23-18)25-13-12-24(14-17(25)3)21(26)27-22(4,5)6;1-2/h8,10,17H,7,9,11-14H2,1-6H3;1-2H3/t17-;/m0./s1. The van der Waals surface area contributed by atoms with E-state index in [9.17, 15) is 4.79 Å². The Bertz CT molecular complexity index is 738. The number of fused-ring (bicyclic) bond motifs is 1. The van der Waals surface area contributed by atoms with Crippen LogP contribution in [0.5, 0.6) is 0 Å². The van der Waals surface area contributed by atoms with Gasteiger partial charge in [0.2, 0.25) is 0 Å². The maximum atomic E-state index is 12.5. The highest BCUT2D eigenvalue weighted by Crippen LogP contribution is 2.34. The largest absolute Gasteiger partial charge is 0.444 e. The van der Waals surface area contributed by atoms with Gasteiger partial charge in [-0.05, 0) is 65.5 Å². The van der Waals surface area contributed by atoms with E-state index in [0.717, 1.165) is 25.9 Å². The molecule has 5 nitrogen and oxygen atoms in total. The number of piperazine rings is 1. The summed E-state index contributed by atoms with van der Waals surface area (Å²) in [5, 5.41) is 0. The lowest BCUT2D eigenvalue weighted by molar-refractivity contribution is 0.0103. The fourth-order valence-corrected chi connectivity index (χ4v) is 4.10. The van der Waals surface area contributed by atoms with Gasteiger partial charge in [-0.2, -0.15) is 0 Å². The molecule has 1 amide bonds. The molecule has 0 saturated carbocycles. The maximum absolute atomic E-state index is 12.5. The molecule has 162 valence electrons. The molecule has 0 aromatic rings. The van der Waals surface area contributed by atoms with Gasteiger partial charge in [0.25, 0.3) is 0 Å². The summed E-state index contributed by atoms with van der Waals surface area (Å²) < 4.78 is 5.57. The second kappa shape index (κ2) is 9.64. The van der Waals surface area contributed by atoms with E-state index in [0.29, 0.717) is 13.1 Å². The summed E-state index contributed by atoms with van der Waals surface area (Å²) in [7, 11) is 0. The third-order valence-corrected chi connectivity index (χ3v) is 5.37. The van der Waals surface area contributed by atoms with Gasteiger partial charge in [-0.25, -0.2) is 4.79 Å². The summed E-state index contributed by atoms with van der Waals surface area (Å²) in [6.45, 7) is 19.2. The minimum Gasteiger partial charge on any atom is -0.444 e. The van der Waals surface area contributed by atoms with Gasteiger partial charge in [0.1, 0.15) is 5.60 Å². The first-order chi connectivity index (χ1) is 13.7. The Labute approximate surface area is 177 Å². The topological polar surface area (TPSA) is 45.1 Å². The first-order valence-corrected chi connectivity index (χ1v) is 11.0. The van der Waals surface area contributed by atoms with Gasteiger partial charge in [0.05, 0.1) is 6.54 Å². The number of rotatable bonds is 1. The number of nitrogens with zero attached hydrogens (tertiary/aromatic N) is 3. The van der Waals surface area contributed by atoms with Crippen molar-refractivity contribution < 1.29 is 9.53 Å². The van der Waals surface area contributed by atoms with E-state index in [4.69, 9.17) is 9.73 Å². The summed E-state index contributed by atoms with van der Waals surface area (Å²) in [5.74, 6) is 0. The van der Waals surface area contributed by atoms with Crippen molar-refractivity contribution in [3.05, 3.63) is 34.6 Å². The summed E-state index contributed by atoms with van der Waals surface area (Å²) in [6.07, 6.45) is 6.44. The van der Waals surface area contributed by atoms with E-state index in [1.54, 1.807) is 0 Å². The zero-order valence-corrected chi connectivity index (χ0v) is 19.6. The quantitative estimate of drug-likeness (QED) is 0.595. The predicted molar refractivity (Wildman–Crippen MR) is 121 cm³/mol. The molecule has 0 spiro atoms. The molecule has 0 N–H and O–H groups in total. The van der Waals surface area contributed by atoms with Gasteiger partial charge in [0.15, 0.2) is 0 Å². The number of amides is 1. The van der Waals surface area contributed by atoms with Crippen molar-refractivity contribution in [2.45, 2.75) is 79.9 Å². The third kappa shape index (κ3) is 5.52. The molecule has 29 heavy (non-hydrogen) atoms. The van der Waals surface area contributed by atoms with Crippen molar-refractivity contribution in [1.82, 2.24) is 9.80 Å². The zero-order chi connectivity index (χ0) is 21.8. The minimum absolute atomic E-state index is 0.212. The van der Waals surface area contributed by atoms with Crippen LogP contribution in [0, 0.1) is 0 Å². The summed E-state index contributed by atoms with van der Waals surface area (Å²) in [6, 6.07) is 0.228. The molecule has 0 unspecified atom stereocenters. The number of hydrogen-bond donors (Lipinski definition) is 0. The number of ether oxygens (including phenoxy) is 1. The second-order valence-corrected chi connectivity index (χ2v) is 8.79. The van der Waals surface area contributed by atoms with Crippen molar-refractivity contribution in [1.29, 1.82) is 0 Å². The Morgan fingerprint density at radius 1 is 1.14 bits per heavy atom. The summed E-state index contributed by atoms with van der Waals surface area (Å²) >= 11 is 0. The monoisotopic (exact) mass is 401 g/mol. The van der Waals surface area contributed by atoms with Crippen LogP contribution in [0.15, 0.2) is 39.6 Å². The molecule has 2 aliphatic heterocycles. The highest BCUT2D eigenvalue weighted by atomic mass is 16.6. The second-order valence-electron chi connectivity index (χ2n) is 8.79. The molecule has 0 aromatic heterocycles. The van der Waals surface area contributed by atoms with E-state index in [1.165, 1.54) is 28.1 Å². The lowest BCUT2D eigenvalue weighted by Gasteiger charge is -2.43. The Kier molecular flexibility index (Phi) is 7.73. The van der Waals surface area contributed by atoms with Crippen LogP contribution in [0.1, 0.15) is 68.2 Å². The number of aliphatic imine (C=N–C) groups is 1. The molecule has 5 heteroatoms. The van der Waals surface area contributed by atoms with Crippen LogP contribution in [0.2, 0.25) is 0 Å². The smallest absolute Gasteiger partial charge is 0.410 e. The van der Waals surface area contributed by atoms with Crippen LogP contribution in [0.3, 0.4) is 0 Å². The average Bonchev–Trinajstić information content (AvgIpc) is 2.81. The van der Waals surface area contributed by atoms with Gasteiger partial charge in [-0.1, -0.05) is 26.0 Å². The fraction of sp³-hybridized carbons (Fsp3) is 0.667. The lowest BCUT2D eigenvalue weighted by atomic mass is 9.88. The average molecular weight is 402 g/mol. The molecule has 3 aliphatic rings. The molecular formula is C24H39N3O2. The van der Waals surface area contributed by atoms with Gasteiger partial charge in [-0.15, -0.1) is 0 Å². The van der Waals surface area contributed by atoms with Crippen molar-refractivity contribution >= 4 is 11.8 Å². The van der Waals surface area contributed by atoms with Crippen LogP contribution in [0.4, 0.5) is 4.79 Å². The number of carbonyl (C=O) groups is 1. The molecule has 1 atom stereocenters. The number of hydrogen-bond acceptors (Lipinski definition) is 4. The first kappa shape index (κ1) is 23.2. The zero-order valence-electron chi connectivity index (χ0n) is 19.6. The third-order valence-electron chi connectivity index (χ3n) is 5.37. The first-order valence-electron chi connectivity index (χ1n) is 11.0. The van der Waals surface area contributed by atoms with E-state index in [2.05, 4.69) is 37.8 Å². The van der Waals surface area contributed by atoms with Crippen LogP contribution in [-0.4, -0.2) is 59.4 Å². The molecule has 0 bridgehead atoms. The highest BCUT2D eigenvalue weighted by Gasteiger charge is 2.33. The van der Waals surface area contributed by atoms with Gasteiger partial charge < -0.3 is 14.5 Å². The molecule has 2 heterocycles. The van der Waals surface area contributed by atoms with E-state index >= 15 is 0 Å². The fourth-order valence-electron chi connectivity index (χ4n) is 4.10. The minimum atomic E-state index is -0.460. The molecule has 1 saturated heterocycles. The van der Waals surface area contributed by atoms with Gasteiger partial charge in [0, 0.05) is 42.7 Å². The van der Waals surface area contributed by atoms with E-state index < -0.39 is 5.60 Å². The molecule has 1 aliphatic carbocycles. The highest BCUT2D eigenvalue weighted by molar-refractivity contribution is 6.06. The Morgan fingerprint density at radius 3 is 2.45 bits per heavy atom. The van der Waals surface area contributed by atoms with Gasteiger partial charge >= 0.3 is 6.09 Å². The van der Waals surface area contributed by atoms with Crippen molar-refractivity contribution in [2.75, 3.05) is 26.2 Å². The Hall–Kier alpha value is -2.04. The van der Waals surface area contributed by atoms with Crippen molar-refractivity contribution in [3.63, 3.8) is 0 Å². The normalized spacial score (nSPS) is 22.5. The van der Waals surface area contributed by atoms with E-state index in [1.807, 2.05) is 39.5 Å². The van der Waals surface area contributed by atoms with Crippen molar-refractivity contribution in [2.24, 2.45) is 4.99 Å². The van der Waals surface area contributed by atoms with Crippen molar-refractivity contribution in [3.8, 4) is 0 Å². The lowest BCUT2D eigenvalue weighted by Crippen LogP contribution is -2.54. The van der Waals surface area contributed by atoms with Crippen LogP contribution in [-0.2, 0) is 4.74 Å². The number of carbonyl (C=O) groups excluding carboxylic acids is 1. The Morgan fingerprint density at radius 2 is 1.83 bits per heavy atom. The molecule has 0 aromatic carbocycles. The molecular weight excluding hydrogens is 362 g/mol. The summed E-state index contributed by atoms with van der Waals surface area (Å²) in [4.78, 5) is 21.6. The molecule has 1 fully saturated rings. The van der Waals surface area contributed by atoms with Crippen LogP contribution >= 0.6 is 0 Å². The molecule has 0 radical (unpaired) electrons. The maximum Gasteiger partial charge on any atom is 0.410 e. The van der Waals surface area contributed by atoms with E-state index in [-0.39, 0.29) is 12.1 Å². The van der Waals surface area contributed by atoms with Gasteiger partial charge in [-0.3, -0.25) is 4.99 Å². The Balaban J connectivity index is 0.00000145. The summed E-state index contributed by atoms with van der Waals surface area (Å²) in [5.41, 5.74) is 6.00. The SMILES string of the molecule is CC.CC1=CCCC2=NCC=C(C)C(N3CCN(C(=O)OC(C)(C)C)C[C@@H]3C)=C12. The van der Waals surface area contributed by atoms with Crippen LogP contribution in [0.25, 0.3) is 0 Å². The number of allylic oxidation sites excluding steroid dienone is 4. The predicted octanol–water partition coefficient (Wildman–Crippen LogP) is 5.35. The molecule has 3 rings (SSSR count).